The van der Waals surface area contributed by atoms with Crippen molar-refractivity contribution in [3.8, 4) is 0 Å². The first-order valence-electron chi connectivity index (χ1n) is 21.9. The molecular formula is C43H84NO8P. The number of carbonyl (C=O) groups excluding carboxylic acids is 2. The van der Waals surface area contributed by atoms with Gasteiger partial charge < -0.3 is 27.9 Å². The third-order valence-corrected chi connectivity index (χ3v) is 10.5. The van der Waals surface area contributed by atoms with Gasteiger partial charge >= 0.3 is 11.9 Å². The first-order valence-corrected chi connectivity index (χ1v) is 23.4. The lowest BCUT2D eigenvalue weighted by Gasteiger charge is -2.28. The van der Waals surface area contributed by atoms with E-state index in [1.807, 2.05) is 21.1 Å². The summed E-state index contributed by atoms with van der Waals surface area (Å²) in [5.74, 6) is -0.832. The van der Waals surface area contributed by atoms with Gasteiger partial charge in [0.1, 0.15) is 19.8 Å². The average molecular weight is 774 g/mol. The molecule has 0 aliphatic rings. The van der Waals surface area contributed by atoms with E-state index in [9.17, 15) is 19.0 Å². The van der Waals surface area contributed by atoms with Crippen LogP contribution in [0.4, 0.5) is 0 Å². The monoisotopic (exact) mass is 774 g/mol. The molecule has 2 atom stereocenters. The standard InChI is InChI=1S/C43H84NO8P/c1-6-8-10-12-14-16-17-18-19-20-21-22-23-24-25-26-27-28-30-32-34-36-43(46)52-41(40-51-53(47,48)50-38-37-44(3,4)5)39-49-42(45)35-33-31-29-15-13-11-9-7-2/h18-19,41H,6-17,20-40H2,1-5H3/b19-18+/t41-/m1/s1. The Balaban J connectivity index is 4.20. The molecule has 0 heterocycles. The number of hydrogen-bond donors (Lipinski definition) is 0. The van der Waals surface area contributed by atoms with E-state index in [-0.39, 0.29) is 32.0 Å². The lowest BCUT2D eigenvalue weighted by molar-refractivity contribution is -0.870. The zero-order valence-electron chi connectivity index (χ0n) is 35.2. The number of phosphoric acid groups is 1. The number of likely N-dealkylation sites (N-methyl/N-ethyl adjacent to an activating group) is 1. The summed E-state index contributed by atoms with van der Waals surface area (Å²) >= 11 is 0. The van der Waals surface area contributed by atoms with E-state index in [4.69, 9.17) is 18.5 Å². The highest BCUT2D eigenvalue weighted by Gasteiger charge is 2.21. The van der Waals surface area contributed by atoms with E-state index < -0.39 is 26.5 Å². The summed E-state index contributed by atoms with van der Waals surface area (Å²) in [6, 6.07) is 0. The number of ether oxygens (including phenoxy) is 2. The van der Waals surface area contributed by atoms with E-state index in [1.54, 1.807) is 0 Å². The predicted octanol–water partition coefficient (Wildman–Crippen LogP) is 11.6. The molecule has 0 amide bonds. The van der Waals surface area contributed by atoms with Crippen molar-refractivity contribution in [3.63, 3.8) is 0 Å². The molecule has 0 bridgehead atoms. The Labute approximate surface area is 326 Å². The summed E-state index contributed by atoms with van der Waals surface area (Å²) in [6.07, 6.45) is 36.8. The number of nitrogens with zero attached hydrogens (tertiary/aromatic N) is 1. The number of unbranched alkanes of at least 4 members (excludes halogenated alkanes) is 24. The molecule has 314 valence electrons. The van der Waals surface area contributed by atoms with E-state index in [1.165, 1.54) is 128 Å². The molecule has 0 aromatic rings. The summed E-state index contributed by atoms with van der Waals surface area (Å²) in [4.78, 5) is 37.3. The molecule has 0 radical (unpaired) electrons. The van der Waals surface area contributed by atoms with Gasteiger partial charge in [0.25, 0.3) is 7.82 Å². The highest BCUT2D eigenvalue weighted by Crippen LogP contribution is 2.38. The highest BCUT2D eigenvalue weighted by molar-refractivity contribution is 7.45. The van der Waals surface area contributed by atoms with Gasteiger partial charge in [-0.1, -0.05) is 161 Å². The van der Waals surface area contributed by atoms with Gasteiger partial charge in [0.05, 0.1) is 27.7 Å². The molecule has 0 saturated heterocycles. The largest absolute Gasteiger partial charge is 0.756 e. The topological polar surface area (TPSA) is 111 Å². The predicted molar refractivity (Wildman–Crippen MR) is 218 cm³/mol. The second-order valence-electron chi connectivity index (χ2n) is 16.1. The van der Waals surface area contributed by atoms with Crippen LogP contribution < -0.4 is 4.89 Å². The molecule has 0 aliphatic heterocycles. The van der Waals surface area contributed by atoms with Crippen molar-refractivity contribution in [1.82, 2.24) is 0 Å². The van der Waals surface area contributed by atoms with Gasteiger partial charge in [-0.3, -0.25) is 14.2 Å². The van der Waals surface area contributed by atoms with Crippen LogP contribution >= 0.6 is 7.82 Å². The third-order valence-electron chi connectivity index (χ3n) is 9.54. The number of hydrogen-bond acceptors (Lipinski definition) is 8. The number of rotatable bonds is 40. The van der Waals surface area contributed by atoms with Crippen LogP contribution in [0, 0.1) is 0 Å². The Hall–Kier alpha value is -1.25. The van der Waals surface area contributed by atoms with E-state index in [0.29, 0.717) is 17.4 Å². The number of carbonyl (C=O) groups is 2. The summed E-state index contributed by atoms with van der Waals surface area (Å²) < 4.78 is 33.8. The molecule has 0 aromatic heterocycles. The molecule has 0 spiro atoms. The fourth-order valence-corrected chi connectivity index (χ4v) is 6.79. The van der Waals surface area contributed by atoms with Gasteiger partial charge in [0, 0.05) is 12.8 Å². The smallest absolute Gasteiger partial charge is 0.306 e. The van der Waals surface area contributed by atoms with Crippen LogP contribution in [-0.2, 0) is 32.7 Å². The number of allylic oxidation sites excluding steroid dienone is 2. The molecule has 53 heavy (non-hydrogen) atoms. The van der Waals surface area contributed by atoms with Crippen molar-refractivity contribution < 1.29 is 42.1 Å². The lowest BCUT2D eigenvalue weighted by atomic mass is 10.0. The van der Waals surface area contributed by atoms with Crippen LogP contribution in [0.2, 0.25) is 0 Å². The molecule has 9 nitrogen and oxygen atoms in total. The quantitative estimate of drug-likeness (QED) is 0.0199. The van der Waals surface area contributed by atoms with Crippen LogP contribution in [-0.4, -0.2) is 70.0 Å². The van der Waals surface area contributed by atoms with Gasteiger partial charge in [0.15, 0.2) is 6.10 Å². The second-order valence-corrected chi connectivity index (χ2v) is 17.5. The number of phosphoric ester groups is 1. The van der Waals surface area contributed by atoms with Gasteiger partial charge in [-0.15, -0.1) is 0 Å². The van der Waals surface area contributed by atoms with Crippen molar-refractivity contribution in [1.29, 1.82) is 0 Å². The lowest BCUT2D eigenvalue weighted by Crippen LogP contribution is -2.37. The van der Waals surface area contributed by atoms with Gasteiger partial charge in [-0.05, 0) is 38.5 Å². The fraction of sp³-hybridized carbons (Fsp3) is 0.907. The minimum Gasteiger partial charge on any atom is -0.756 e. The maximum Gasteiger partial charge on any atom is 0.306 e. The molecule has 0 N–H and O–H groups in total. The molecule has 1 unspecified atom stereocenters. The van der Waals surface area contributed by atoms with Crippen LogP contribution in [0.1, 0.15) is 200 Å². The Morgan fingerprint density at radius 3 is 1.40 bits per heavy atom. The zero-order chi connectivity index (χ0) is 39.3. The maximum atomic E-state index is 12.6. The Morgan fingerprint density at radius 2 is 0.962 bits per heavy atom. The first kappa shape index (κ1) is 51.8. The Kier molecular flexibility index (Phi) is 35.5. The number of esters is 2. The fourth-order valence-electron chi connectivity index (χ4n) is 6.06. The summed E-state index contributed by atoms with van der Waals surface area (Å²) in [6.45, 7) is 4.20. The summed E-state index contributed by atoms with van der Waals surface area (Å²) in [5, 5.41) is 0. The van der Waals surface area contributed by atoms with Crippen LogP contribution in [0.5, 0.6) is 0 Å². The minimum atomic E-state index is -4.61. The molecule has 0 fully saturated rings. The Bertz CT molecular complexity index is 922. The molecule has 0 rings (SSSR count). The Morgan fingerprint density at radius 1 is 0.566 bits per heavy atom. The van der Waals surface area contributed by atoms with Crippen molar-refractivity contribution in [2.75, 3.05) is 47.5 Å². The van der Waals surface area contributed by atoms with E-state index >= 15 is 0 Å². The SMILES string of the molecule is CCCCCCCC/C=C/CCCCCCCCCCCCCC(=O)O[C@H](COC(=O)CCCCCCCCCC)COP(=O)([O-])OCC[N+](C)(C)C. The van der Waals surface area contributed by atoms with Gasteiger partial charge in [-0.2, -0.15) is 0 Å². The van der Waals surface area contributed by atoms with Gasteiger partial charge in [-0.25, -0.2) is 0 Å². The van der Waals surface area contributed by atoms with Crippen LogP contribution in [0.3, 0.4) is 0 Å². The molecule has 0 aromatic carbocycles. The van der Waals surface area contributed by atoms with Crippen LogP contribution in [0.25, 0.3) is 0 Å². The average Bonchev–Trinajstić information content (AvgIpc) is 3.10. The van der Waals surface area contributed by atoms with E-state index in [0.717, 1.165) is 38.5 Å². The normalized spacial score (nSPS) is 13.7. The maximum absolute atomic E-state index is 12.6. The molecule has 10 heteroatoms. The molecule has 0 saturated carbocycles. The minimum absolute atomic E-state index is 0.0280. The van der Waals surface area contributed by atoms with Crippen molar-refractivity contribution >= 4 is 19.8 Å². The van der Waals surface area contributed by atoms with E-state index in [2.05, 4.69) is 26.0 Å². The van der Waals surface area contributed by atoms with Crippen LogP contribution in [0.15, 0.2) is 12.2 Å². The van der Waals surface area contributed by atoms with Crippen molar-refractivity contribution in [2.24, 2.45) is 0 Å². The zero-order valence-corrected chi connectivity index (χ0v) is 36.1. The van der Waals surface area contributed by atoms with Crippen molar-refractivity contribution in [2.45, 2.75) is 206 Å². The second kappa shape index (κ2) is 36.4. The molecule has 0 aliphatic carbocycles. The summed E-state index contributed by atoms with van der Waals surface area (Å²) in [5.41, 5.74) is 0. The number of quaternary nitrogens is 1. The molecular weight excluding hydrogens is 689 g/mol. The summed E-state index contributed by atoms with van der Waals surface area (Å²) in [7, 11) is 1.17. The first-order chi connectivity index (χ1) is 25.5. The van der Waals surface area contributed by atoms with Gasteiger partial charge in [0.2, 0.25) is 0 Å². The third kappa shape index (κ3) is 40.2. The van der Waals surface area contributed by atoms with Crippen molar-refractivity contribution in [3.05, 3.63) is 12.2 Å². The highest BCUT2D eigenvalue weighted by atomic mass is 31.2.